The maximum atomic E-state index is 4.75. The number of aromatic nitrogens is 3. The number of hydrogen-bond donors (Lipinski definition) is 1. The second kappa shape index (κ2) is 4.81. The molecular weight excluding hydrogens is 260 g/mol. The topological polar surface area (TPSA) is 50.7 Å². The molecule has 21 heavy (non-hydrogen) atoms. The zero-order valence-corrected chi connectivity index (χ0v) is 11.9. The number of rotatable bonds is 3. The molecule has 1 fully saturated rings. The zero-order chi connectivity index (χ0) is 14.2. The molecule has 0 radical (unpaired) electrons. The van der Waals surface area contributed by atoms with E-state index in [1.807, 2.05) is 37.5 Å². The molecule has 104 valence electrons. The molecule has 4 rings (SSSR count). The van der Waals surface area contributed by atoms with Crippen molar-refractivity contribution in [3.63, 3.8) is 0 Å². The first-order chi connectivity index (χ1) is 10.3. The Morgan fingerprint density at radius 2 is 1.95 bits per heavy atom. The Morgan fingerprint density at radius 3 is 2.76 bits per heavy atom. The first-order valence-electron chi connectivity index (χ1n) is 7.26. The monoisotopic (exact) mass is 276 g/mol. The quantitative estimate of drug-likeness (QED) is 0.794. The number of nitrogens with one attached hydrogen (secondary N) is 1. The zero-order valence-electron chi connectivity index (χ0n) is 11.9. The van der Waals surface area contributed by atoms with Crippen molar-refractivity contribution in [2.45, 2.75) is 18.8 Å². The molecule has 4 heteroatoms. The molecule has 3 aromatic rings. The first kappa shape index (κ1) is 12.3. The number of nitrogens with zero attached hydrogens (tertiary/aromatic N) is 3. The second-order valence-corrected chi connectivity index (χ2v) is 5.41. The molecule has 1 saturated carbocycles. The van der Waals surface area contributed by atoms with Crippen molar-refractivity contribution in [1.29, 1.82) is 0 Å². The molecule has 0 saturated heterocycles. The number of pyridine rings is 1. The van der Waals surface area contributed by atoms with Crippen LogP contribution in [-0.4, -0.2) is 22.0 Å². The summed E-state index contributed by atoms with van der Waals surface area (Å²) in [5.41, 5.74) is 1.98. The van der Waals surface area contributed by atoms with E-state index in [9.17, 15) is 0 Å². The van der Waals surface area contributed by atoms with Gasteiger partial charge < -0.3 is 5.32 Å². The minimum atomic E-state index is 0.592. The van der Waals surface area contributed by atoms with E-state index in [4.69, 9.17) is 4.98 Å². The standard InChI is InChI=1S/C17H16N4/c1-18-15-10-14(12-6-7-12)20-17(21-15)16-13-5-3-2-4-11(13)8-9-19-16/h2-5,8-10,12H,6-7H2,1H3,(H,18,20,21). The minimum absolute atomic E-state index is 0.592. The average molecular weight is 276 g/mol. The Kier molecular flexibility index (Phi) is 2.81. The van der Waals surface area contributed by atoms with Crippen LogP contribution in [0, 0.1) is 0 Å². The van der Waals surface area contributed by atoms with E-state index in [0.29, 0.717) is 11.7 Å². The molecule has 1 aliphatic carbocycles. The lowest BCUT2D eigenvalue weighted by Crippen LogP contribution is -2.01. The fraction of sp³-hybridized carbons (Fsp3) is 0.235. The van der Waals surface area contributed by atoms with Crippen LogP contribution in [0.25, 0.3) is 22.3 Å². The van der Waals surface area contributed by atoms with Crippen LogP contribution in [0.5, 0.6) is 0 Å². The molecule has 0 amide bonds. The van der Waals surface area contributed by atoms with Crippen molar-refractivity contribution < 1.29 is 0 Å². The molecule has 0 unspecified atom stereocenters. The highest BCUT2D eigenvalue weighted by Gasteiger charge is 2.26. The summed E-state index contributed by atoms with van der Waals surface area (Å²) >= 11 is 0. The summed E-state index contributed by atoms with van der Waals surface area (Å²) in [5.74, 6) is 2.16. The largest absolute Gasteiger partial charge is 0.373 e. The lowest BCUT2D eigenvalue weighted by Gasteiger charge is -2.08. The molecule has 0 spiro atoms. The Labute approximate surface area is 123 Å². The SMILES string of the molecule is CNc1cc(C2CC2)nc(-c2nccc3ccccc23)n1. The van der Waals surface area contributed by atoms with Crippen molar-refractivity contribution in [1.82, 2.24) is 15.0 Å². The summed E-state index contributed by atoms with van der Waals surface area (Å²) in [5, 5.41) is 5.38. The minimum Gasteiger partial charge on any atom is -0.373 e. The summed E-state index contributed by atoms with van der Waals surface area (Å²) in [6, 6.07) is 12.3. The van der Waals surface area contributed by atoms with Crippen molar-refractivity contribution >= 4 is 16.6 Å². The highest BCUT2D eigenvalue weighted by molar-refractivity contribution is 5.92. The Morgan fingerprint density at radius 1 is 1.10 bits per heavy atom. The highest BCUT2D eigenvalue weighted by atomic mass is 15.0. The van der Waals surface area contributed by atoms with Gasteiger partial charge in [0.15, 0.2) is 5.82 Å². The van der Waals surface area contributed by atoms with Crippen LogP contribution in [0.3, 0.4) is 0 Å². The Balaban J connectivity index is 1.93. The van der Waals surface area contributed by atoms with Gasteiger partial charge in [0.1, 0.15) is 11.5 Å². The fourth-order valence-electron chi connectivity index (χ4n) is 2.59. The molecule has 1 N–H and O–H groups in total. The van der Waals surface area contributed by atoms with Gasteiger partial charge in [0.2, 0.25) is 0 Å². The summed E-state index contributed by atoms with van der Waals surface area (Å²) in [7, 11) is 1.89. The molecule has 2 heterocycles. The van der Waals surface area contributed by atoms with E-state index in [0.717, 1.165) is 28.0 Å². The average Bonchev–Trinajstić information content (AvgIpc) is 3.39. The normalized spacial score (nSPS) is 14.3. The lowest BCUT2D eigenvalue weighted by atomic mass is 10.1. The molecular formula is C17H16N4. The van der Waals surface area contributed by atoms with Gasteiger partial charge in [-0.1, -0.05) is 24.3 Å². The van der Waals surface area contributed by atoms with Gasteiger partial charge in [0, 0.05) is 36.3 Å². The van der Waals surface area contributed by atoms with Crippen LogP contribution in [-0.2, 0) is 0 Å². The summed E-state index contributed by atoms with van der Waals surface area (Å²) < 4.78 is 0. The third-order valence-corrected chi connectivity index (χ3v) is 3.88. The number of anilines is 1. The van der Waals surface area contributed by atoms with Crippen molar-refractivity contribution in [3.05, 3.63) is 48.3 Å². The summed E-state index contributed by atoms with van der Waals surface area (Å²) in [6.07, 6.45) is 4.27. The van der Waals surface area contributed by atoms with Gasteiger partial charge in [-0.15, -0.1) is 0 Å². The molecule has 1 aromatic carbocycles. The van der Waals surface area contributed by atoms with Crippen molar-refractivity contribution in [2.24, 2.45) is 0 Å². The van der Waals surface area contributed by atoms with E-state index in [1.54, 1.807) is 0 Å². The highest BCUT2D eigenvalue weighted by Crippen LogP contribution is 2.40. The van der Waals surface area contributed by atoms with Crippen LogP contribution in [0.15, 0.2) is 42.6 Å². The number of benzene rings is 1. The molecule has 4 nitrogen and oxygen atoms in total. The van der Waals surface area contributed by atoms with Gasteiger partial charge >= 0.3 is 0 Å². The predicted molar refractivity (Wildman–Crippen MR) is 84.3 cm³/mol. The maximum Gasteiger partial charge on any atom is 0.181 e. The van der Waals surface area contributed by atoms with E-state index < -0.39 is 0 Å². The van der Waals surface area contributed by atoms with Gasteiger partial charge in [0.05, 0.1) is 0 Å². The predicted octanol–water partition coefficient (Wildman–Crippen LogP) is 3.61. The molecule has 1 aliphatic rings. The maximum absolute atomic E-state index is 4.75. The Hall–Kier alpha value is -2.49. The summed E-state index contributed by atoms with van der Waals surface area (Å²) in [4.78, 5) is 13.9. The van der Waals surface area contributed by atoms with Gasteiger partial charge in [-0.25, -0.2) is 9.97 Å². The lowest BCUT2D eigenvalue weighted by molar-refractivity contribution is 0.990. The second-order valence-electron chi connectivity index (χ2n) is 5.41. The summed E-state index contributed by atoms with van der Waals surface area (Å²) in [6.45, 7) is 0. The van der Waals surface area contributed by atoms with Gasteiger partial charge in [-0.05, 0) is 24.3 Å². The van der Waals surface area contributed by atoms with Gasteiger partial charge in [-0.2, -0.15) is 0 Å². The molecule has 0 atom stereocenters. The van der Waals surface area contributed by atoms with Crippen LogP contribution >= 0.6 is 0 Å². The van der Waals surface area contributed by atoms with Crippen molar-refractivity contribution in [3.8, 4) is 11.5 Å². The van der Waals surface area contributed by atoms with Crippen molar-refractivity contribution in [2.75, 3.05) is 12.4 Å². The van der Waals surface area contributed by atoms with Crippen LogP contribution in [0.4, 0.5) is 5.82 Å². The number of hydrogen-bond acceptors (Lipinski definition) is 4. The van der Waals surface area contributed by atoms with E-state index in [-0.39, 0.29) is 0 Å². The number of fused-ring (bicyclic) bond motifs is 1. The van der Waals surface area contributed by atoms with Gasteiger partial charge in [-0.3, -0.25) is 4.98 Å². The Bertz CT molecular complexity index is 803. The molecule has 0 bridgehead atoms. The van der Waals surface area contributed by atoms with E-state index >= 15 is 0 Å². The third-order valence-electron chi connectivity index (χ3n) is 3.88. The molecule has 0 aliphatic heterocycles. The van der Waals surface area contributed by atoms with Crippen LogP contribution in [0.1, 0.15) is 24.5 Å². The fourth-order valence-corrected chi connectivity index (χ4v) is 2.59. The van der Waals surface area contributed by atoms with Crippen LogP contribution in [0.2, 0.25) is 0 Å². The van der Waals surface area contributed by atoms with E-state index in [1.165, 1.54) is 12.8 Å². The smallest absolute Gasteiger partial charge is 0.181 e. The first-order valence-corrected chi connectivity index (χ1v) is 7.26. The van der Waals surface area contributed by atoms with E-state index in [2.05, 4.69) is 27.4 Å². The third kappa shape index (κ3) is 2.23. The molecule has 2 aromatic heterocycles. The van der Waals surface area contributed by atoms with Crippen LogP contribution < -0.4 is 5.32 Å². The van der Waals surface area contributed by atoms with Gasteiger partial charge in [0.25, 0.3) is 0 Å².